The van der Waals surface area contributed by atoms with Gasteiger partial charge in [-0.3, -0.25) is 0 Å². The van der Waals surface area contributed by atoms with Gasteiger partial charge >= 0.3 is 6.08 Å². The molecule has 1 aliphatic rings. The van der Waals surface area contributed by atoms with Gasteiger partial charge in [-0.1, -0.05) is 23.7 Å². The van der Waals surface area contributed by atoms with E-state index in [1.165, 1.54) is 13.2 Å². The second kappa shape index (κ2) is 9.38. The standard InChI is InChI=1S/C26H23ClF3N3O3/c1-26(34)7-4-8-33(12-26)24-17-11-19(28)21(22(29)23(17)31-25(30)32-24)16-10-15(36-13-35-2)9-14-5-3-6-18(27)20(14)16/h3,5-6,9-11,34H,4,7-8,12-13H2,1-2H3/t26-/m1/s1. The number of anilines is 1. The van der Waals surface area contributed by atoms with Crippen molar-refractivity contribution in [1.29, 1.82) is 0 Å². The summed E-state index contributed by atoms with van der Waals surface area (Å²) >= 11 is 6.44. The van der Waals surface area contributed by atoms with Gasteiger partial charge in [-0.15, -0.1) is 0 Å². The number of β-amino-alcohol motifs (C(OH)–C–C–N with tert-alkyl or cyclic N) is 1. The highest BCUT2D eigenvalue weighted by Crippen LogP contribution is 2.42. The molecule has 0 saturated carbocycles. The molecule has 6 nitrogen and oxygen atoms in total. The third-order valence-electron chi connectivity index (χ3n) is 6.32. The fourth-order valence-electron chi connectivity index (χ4n) is 4.80. The van der Waals surface area contributed by atoms with Crippen LogP contribution in [0.15, 0.2) is 36.4 Å². The molecular formula is C26H23ClF3N3O3. The van der Waals surface area contributed by atoms with Gasteiger partial charge in [-0.25, -0.2) is 8.78 Å². The number of benzene rings is 3. The largest absolute Gasteiger partial charge is 0.468 e. The molecule has 1 saturated heterocycles. The summed E-state index contributed by atoms with van der Waals surface area (Å²) in [4.78, 5) is 9.14. The zero-order chi connectivity index (χ0) is 25.6. The average molecular weight is 518 g/mol. The predicted octanol–water partition coefficient (Wildman–Crippen LogP) is 5.85. The second-order valence-corrected chi connectivity index (χ2v) is 9.55. The van der Waals surface area contributed by atoms with E-state index < -0.39 is 28.9 Å². The summed E-state index contributed by atoms with van der Waals surface area (Å²) in [5.41, 5.74) is -1.70. The number of hydrogen-bond donors (Lipinski definition) is 1. The number of aromatic nitrogens is 2. The van der Waals surface area contributed by atoms with Crippen LogP contribution in [-0.4, -0.2) is 47.7 Å². The molecule has 36 heavy (non-hydrogen) atoms. The van der Waals surface area contributed by atoms with Crippen LogP contribution in [0.2, 0.25) is 5.02 Å². The molecule has 4 aromatic rings. The summed E-state index contributed by atoms with van der Waals surface area (Å²) in [6, 6.07) is 9.30. The van der Waals surface area contributed by atoms with Crippen LogP contribution in [0, 0.1) is 17.7 Å². The maximum atomic E-state index is 16.1. The molecule has 0 spiro atoms. The monoisotopic (exact) mass is 517 g/mol. The first-order valence-electron chi connectivity index (χ1n) is 11.4. The first kappa shape index (κ1) is 24.5. The summed E-state index contributed by atoms with van der Waals surface area (Å²) in [7, 11) is 1.45. The van der Waals surface area contributed by atoms with Gasteiger partial charge in [0.05, 0.1) is 11.2 Å². The van der Waals surface area contributed by atoms with Crippen LogP contribution in [0.3, 0.4) is 0 Å². The number of fused-ring (bicyclic) bond motifs is 2. The molecule has 5 rings (SSSR count). The van der Waals surface area contributed by atoms with Gasteiger partial charge in [0, 0.05) is 41.6 Å². The topological polar surface area (TPSA) is 67.7 Å². The van der Waals surface area contributed by atoms with Gasteiger partial charge in [0.15, 0.2) is 12.6 Å². The van der Waals surface area contributed by atoms with Crippen molar-refractivity contribution in [2.75, 3.05) is 31.9 Å². The minimum atomic E-state index is -1.15. The lowest BCUT2D eigenvalue weighted by molar-refractivity contribution is 0.0447. The number of halogens is 4. The van der Waals surface area contributed by atoms with Gasteiger partial charge in [0.2, 0.25) is 0 Å². The number of rotatable bonds is 5. The Morgan fingerprint density at radius 2 is 1.97 bits per heavy atom. The molecule has 0 unspecified atom stereocenters. The third-order valence-corrected chi connectivity index (χ3v) is 6.64. The Morgan fingerprint density at radius 1 is 1.17 bits per heavy atom. The molecule has 1 aliphatic heterocycles. The van der Waals surface area contributed by atoms with Crippen molar-refractivity contribution in [3.63, 3.8) is 0 Å². The highest BCUT2D eigenvalue weighted by molar-refractivity contribution is 6.36. The number of aliphatic hydroxyl groups is 1. The Kier molecular flexibility index (Phi) is 6.40. The summed E-state index contributed by atoms with van der Waals surface area (Å²) < 4.78 is 56.9. The lowest BCUT2D eigenvalue weighted by Crippen LogP contribution is -2.46. The van der Waals surface area contributed by atoms with E-state index >= 15 is 8.78 Å². The van der Waals surface area contributed by atoms with Crippen LogP contribution < -0.4 is 9.64 Å². The Morgan fingerprint density at radius 3 is 2.72 bits per heavy atom. The summed E-state index contributed by atoms with van der Waals surface area (Å²) in [6.45, 7) is 2.18. The molecule has 0 bridgehead atoms. The second-order valence-electron chi connectivity index (χ2n) is 9.14. The third kappa shape index (κ3) is 4.42. The van der Waals surface area contributed by atoms with Crippen molar-refractivity contribution in [3.8, 4) is 16.9 Å². The van der Waals surface area contributed by atoms with Crippen LogP contribution in [0.1, 0.15) is 19.8 Å². The maximum Gasteiger partial charge on any atom is 0.311 e. The lowest BCUT2D eigenvalue weighted by atomic mass is 9.94. The van der Waals surface area contributed by atoms with Gasteiger partial charge in [-0.2, -0.15) is 14.4 Å². The molecule has 1 atom stereocenters. The number of hydrogen-bond acceptors (Lipinski definition) is 6. The number of piperidine rings is 1. The van der Waals surface area contributed by atoms with Gasteiger partial charge in [0.1, 0.15) is 22.9 Å². The van der Waals surface area contributed by atoms with E-state index in [0.29, 0.717) is 35.9 Å². The zero-order valence-electron chi connectivity index (χ0n) is 19.6. The van der Waals surface area contributed by atoms with E-state index in [2.05, 4.69) is 9.97 Å². The molecular weight excluding hydrogens is 495 g/mol. The van der Waals surface area contributed by atoms with Crippen molar-refractivity contribution >= 4 is 39.1 Å². The van der Waals surface area contributed by atoms with E-state index in [4.69, 9.17) is 21.1 Å². The SMILES string of the molecule is COCOc1cc(-c2c(F)cc3c(N4CCC[C@@](C)(O)C4)nc(F)nc3c2F)c2c(Cl)cccc2c1. The van der Waals surface area contributed by atoms with Gasteiger partial charge in [0.25, 0.3) is 0 Å². The number of nitrogens with zero attached hydrogens (tertiary/aromatic N) is 3. The van der Waals surface area contributed by atoms with Gasteiger partial charge < -0.3 is 19.5 Å². The van der Waals surface area contributed by atoms with Crippen molar-refractivity contribution in [2.45, 2.75) is 25.4 Å². The lowest BCUT2D eigenvalue weighted by Gasteiger charge is -2.37. The highest BCUT2D eigenvalue weighted by atomic mass is 35.5. The van der Waals surface area contributed by atoms with Crippen molar-refractivity contribution in [2.24, 2.45) is 0 Å². The molecule has 1 fully saturated rings. The normalized spacial score (nSPS) is 18.2. The van der Waals surface area contributed by atoms with E-state index in [-0.39, 0.29) is 40.6 Å². The fraction of sp³-hybridized carbons (Fsp3) is 0.308. The Hall–Kier alpha value is -3.14. The molecule has 1 N–H and O–H groups in total. The van der Waals surface area contributed by atoms with Crippen LogP contribution in [-0.2, 0) is 4.74 Å². The summed E-state index contributed by atoms with van der Waals surface area (Å²) in [5, 5.41) is 11.8. The predicted molar refractivity (Wildman–Crippen MR) is 132 cm³/mol. The first-order valence-corrected chi connectivity index (χ1v) is 11.7. The van der Waals surface area contributed by atoms with E-state index in [0.717, 1.165) is 6.07 Å². The van der Waals surface area contributed by atoms with E-state index in [1.807, 2.05) is 0 Å². The molecule has 0 aliphatic carbocycles. The summed E-state index contributed by atoms with van der Waals surface area (Å²) in [5.74, 6) is -1.61. The van der Waals surface area contributed by atoms with Crippen LogP contribution in [0.5, 0.6) is 5.75 Å². The maximum absolute atomic E-state index is 16.1. The highest BCUT2D eigenvalue weighted by Gasteiger charge is 2.31. The fourth-order valence-corrected chi connectivity index (χ4v) is 5.09. The molecule has 2 heterocycles. The van der Waals surface area contributed by atoms with Crippen molar-refractivity contribution in [1.82, 2.24) is 9.97 Å². The molecule has 0 amide bonds. The van der Waals surface area contributed by atoms with E-state index in [9.17, 15) is 9.50 Å². The van der Waals surface area contributed by atoms with Crippen molar-refractivity contribution in [3.05, 3.63) is 59.1 Å². The van der Waals surface area contributed by atoms with Crippen LogP contribution in [0.25, 0.3) is 32.8 Å². The van der Waals surface area contributed by atoms with Crippen LogP contribution in [0.4, 0.5) is 19.0 Å². The average Bonchev–Trinajstić information content (AvgIpc) is 2.82. The Balaban J connectivity index is 1.76. The minimum Gasteiger partial charge on any atom is -0.468 e. The zero-order valence-corrected chi connectivity index (χ0v) is 20.4. The molecule has 3 aromatic carbocycles. The molecule has 10 heteroatoms. The molecule has 1 aromatic heterocycles. The van der Waals surface area contributed by atoms with Crippen LogP contribution >= 0.6 is 11.6 Å². The van der Waals surface area contributed by atoms with E-state index in [1.54, 1.807) is 36.1 Å². The minimum absolute atomic E-state index is 0.00930. The Labute approximate surface area is 210 Å². The Bertz CT molecular complexity index is 1480. The summed E-state index contributed by atoms with van der Waals surface area (Å²) in [6.07, 6.45) is 0.0123. The first-order chi connectivity index (χ1) is 17.2. The molecule has 188 valence electrons. The van der Waals surface area contributed by atoms with Gasteiger partial charge in [-0.05, 0) is 49.4 Å². The van der Waals surface area contributed by atoms with Crippen molar-refractivity contribution < 1.29 is 27.8 Å². The smallest absolute Gasteiger partial charge is 0.311 e. The quantitative estimate of drug-likeness (QED) is 0.264. The molecule has 0 radical (unpaired) electrons. The number of ether oxygens (including phenoxy) is 2. The number of methoxy groups -OCH3 is 1.